The van der Waals surface area contributed by atoms with Crippen molar-refractivity contribution in [1.29, 1.82) is 5.26 Å². The molecule has 1 N–H and O–H groups in total. The lowest BCUT2D eigenvalue weighted by Crippen LogP contribution is -2.13. The Kier molecular flexibility index (Phi) is 9.80. The number of fused-ring (bicyclic) bond motifs is 1. The first-order valence-electron chi connectivity index (χ1n) is 12.4. The van der Waals surface area contributed by atoms with Crippen molar-refractivity contribution >= 4 is 23.5 Å². The summed E-state index contributed by atoms with van der Waals surface area (Å²) in [6, 6.07) is 13.7. The molecule has 35 heavy (non-hydrogen) atoms. The van der Waals surface area contributed by atoms with E-state index >= 15 is 0 Å². The largest absolute Gasteiger partial charge is 0.259 e. The Balaban J connectivity index is 1.81. The van der Waals surface area contributed by atoms with Crippen LogP contribution in [0.15, 0.2) is 70.9 Å². The van der Waals surface area contributed by atoms with Crippen molar-refractivity contribution in [2.24, 2.45) is 0 Å². The molecule has 0 radical (unpaired) electrons. The molecule has 1 unspecified atom stereocenters. The number of nitriles is 1. The van der Waals surface area contributed by atoms with Crippen molar-refractivity contribution < 1.29 is 0 Å². The van der Waals surface area contributed by atoms with Crippen LogP contribution in [0, 0.1) is 11.3 Å². The molecule has 1 aromatic heterocycles. The highest BCUT2D eigenvalue weighted by molar-refractivity contribution is 7.96. The van der Waals surface area contributed by atoms with E-state index in [-0.39, 0.29) is 5.41 Å². The number of nitrogens with zero attached hydrogens (tertiary/aromatic N) is 2. The van der Waals surface area contributed by atoms with Crippen LogP contribution in [-0.4, -0.2) is 11.2 Å². The quantitative estimate of drug-likeness (QED) is 0.199. The molecule has 3 rings (SSSR count). The first-order valence-corrected chi connectivity index (χ1v) is 14.0. The zero-order valence-corrected chi connectivity index (χ0v) is 23.1. The van der Waals surface area contributed by atoms with E-state index in [4.69, 9.17) is 16.6 Å². The fourth-order valence-electron chi connectivity index (χ4n) is 4.50. The Morgan fingerprint density at radius 3 is 2.66 bits per heavy atom. The molecule has 0 bridgehead atoms. The molecule has 1 aliphatic carbocycles. The smallest absolute Gasteiger partial charge is 0.0991 e. The van der Waals surface area contributed by atoms with Gasteiger partial charge in [0.1, 0.15) is 0 Å². The highest BCUT2D eigenvalue weighted by atomic mass is 35.5. The predicted octanol–water partition coefficient (Wildman–Crippen LogP) is 8.59. The highest BCUT2D eigenvalue weighted by Crippen LogP contribution is 2.34. The van der Waals surface area contributed by atoms with Gasteiger partial charge in [-0.25, -0.2) is 0 Å². The second kappa shape index (κ2) is 12.6. The molecule has 1 atom stereocenters. The van der Waals surface area contributed by atoms with Gasteiger partial charge in [-0.15, -0.1) is 0 Å². The molecule has 0 saturated heterocycles. The van der Waals surface area contributed by atoms with Crippen molar-refractivity contribution in [3.63, 3.8) is 0 Å². The third-order valence-electron chi connectivity index (χ3n) is 6.71. The lowest BCUT2D eigenvalue weighted by atomic mass is 9.83. The summed E-state index contributed by atoms with van der Waals surface area (Å²) < 4.78 is 3.45. The van der Waals surface area contributed by atoms with Gasteiger partial charge in [0.25, 0.3) is 0 Å². The average Bonchev–Trinajstić information content (AvgIpc) is 3.27. The molecule has 184 valence electrons. The minimum atomic E-state index is -0.204. The van der Waals surface area contributed by atoms with E-state index in [0.717, 1.165) is 43.2 Å². The Hall–Kier alpha value is -2.32. The number of pyridine rings is 1. The summed E-state index contributed by atoms with van der Waals surface area (Å²) in [7, 11) is 0. The summed E-state index contributed by atoms with van der Waals surface area (Å²) in [5, 5.41) is 10.2. The first-order chi connectivity index (χ1) is 16.8. The van der Waals surface area contributed by atoms with E-state index < -0.39 is 0 Å². The van der Waals surface area contributed by atoms with Crippen LogP contribution >= 0.6 is 23.5 Å². The molecule has 1 aromatic carbocycles. The average molecular weight is 506 g/mol. The molecule has 1 heterocycles. The van der Waals surface area contributed by atoms with Crippen LogP contribution in [-0.2, 0) is 11.8 Å². The lowest BCUT2D eigenvalue weighted by Gasteiger charge is -2.21. The number of hydrogen-bond acceptors (Lipinski definition) is 4. The number of aromatic nitrogens is 1. The number of unbranched alkanes of at least 4 members (excludes halogenated alkanes) is 1. The SMILES string of the molecule is C\C=C(C#N)/C(CCCC)=C(Cl)\C=C\C(C)(C)c1ccc(-c2cnc3c(c2)CCC3NSC)cc1. The number of aryl methyl sites for hydroxylation is 1. The number of nitrogens with one attached hydrogen (secondary N) is 1. The molecule has 0 aliphatic heterocycles. The monoisotopic (exact) mass is 505 g/mol. The van der Waals surface area contributed by atoms with Crippen LogP contribution in [0.1, 0.15) is 76.2 Å². The third kappa shape index (κ3) is 6.67. The molecular weight excluding hydrogens is 470 g/mol. The van der Waals surface area contributed by atoms with E-state index in [1.807, 2.05) is 25.3 Å². The van der Waals surface area contributed by atoms with E-state index in [9.17, 15) is 5.26 Å². The summed E-state index contributed by atoms with van der Waals surface area (Å²) in [6.07, 6.45) is 15.1. The molecule has 0 amide bonds. The zero-order valence-electron chi connectivity index (χ0n) is 21.5. The number of allylic oxidation sites excluding steroid dienone is 6. The maximum absolute atomic E-state index is 9.52. The molecular formula is C30H36ClN3S. The van der Waals surface area contributed by atoms with Gasteiger partial charge >= 0.3 is 0 Å². The van der Waals surface area contributed by atoms with Crippen LogP contribution in [0.25, 0.3) is 11.1 Å². The maximum atomic E-state index is 9.52. The summed E-state index contributed by atoms with van der Waals surface area (Å²) in [5.74, 6) is 0. The Morgan fingerprint density at radius 2 is 2.03 bits per heavy atom. The maximum Gasteiger partial charge on any atom is 0.0991 e. The highest BCUT2D eigenvalue weighted by Gasteiger charge is 2.24. The Bertz CT molecular complexity index is 1150. The third-order valence-corrected chi connectivity index (χ3v) is 7.58. The van der Waals surface area contributed by atoms with Gasteiger partial charge in [0.15, 0.2) is 0 Å². The minimum absolute atomic E-state index is 0.204. The van der Waals surface area contributed by atoms with Crippen LogP contribution in [0.4, 0.5) is 0 Å². The van der Waals surface area contributed by atoms with Gasteiger partial charge in [0.2, 0.25) is 0 Å². The second-order valence-electron chi connectivity index (χ2n) is 9.56. The molecule has 3 nitrogen and oxygen atoms in total. The topological polar surface area (TPSA) is 48.7 Å². The molecule has 2 aromatic rings. The van der Waals surface area contributed by atoms with E-state index in [2.05, 4.69) is 74.2 Å². The molecule has 0 saturated carbocycles. The van der Waals surface area contributed by atoms with Gasteiger partial charge in [-0.3, -0.25) is 9.71 Å². The summed E-state index contributed by atoms with van der Waals surface area (Å²) in [5.41, 5.74) is 7.47. The summed E-state index contributed by atoms with van der Waals surface area (Å²) in [6.45, 7) is 8.41. The molecule has 1 aliphatic rings. The number of hydrogen-bond donors (Lipinski definition) is 1. The zero-order chi connectivity index (χ0) is 25.4. The van der Waals surface area contributed by atoms with Gasteiger partial charge < -0.3 is 0 Å². The Labute approximate surface area is 220 Å². The van der Waals surface area contributed by atoms with E-state index in [1.165, 1.54) is 22.4 Å². The van der Waals surface area contributed by atoms with Gasteiger partial charge in [-0.05, 0) is 73.3 Å². The van der Waals surface area contributed by atoms with Crippen molar-refractivity contribution in [1.82, 2.24) is 9.71 Å². The lowest BCUT2D eigenvalue weighted by molar-refractivity contribution is 0.654. The summed E-state index contributed by atoms with van der Waals surface area (Å²) in [4.78, 5) is 4.79. The van der Waals surface area contributed by atoms with Gasteiger partial charge in [-0.1, -0.05) is 87.2 Å². The van der Waals surface area contributed by atoms with Crippen LogP contribution in [0.5, 0.6) is 0 Å². The summed E-state index contributed by atoms with van der Waals surface area (Å²) >= 11 is 8.36. The van der Waals surface area contributed by atoms with Gasteiger partial charge in [0, 0.05) is 22.2 Å². The fourth-order valence-corrected chi connectivity index (χ4v) is 5.27. The van der Waals surface area contributed by atoms with E-state index in [0.29, 0.717) is 16.6 Å². The number of halogens is 1. The van der Waals surface area contributed by atoms with Crippen LogP contribution < -0.4 is 4.72 Å². The molecule has 5 heteroatoms. The van der Waals surface area contributed by atoms with Crippen LogP contribution in [0.2, 0.25) is 0 Å². The fraction of sp³-hybridized carbons (Fsp3) is 0.400. The Morgan fingerprint density at radius 1 is 1.29 bits per heavy atom. The van der Waals surface area contributed by atoms with Gasteiger partial charge in [-0.2, -0.15) is 5.26 Å². The molecule has 0 fully saturated rings. The van der Waals surface area contributed by atoms with Crippen molar-refractivity contribution in [3.05, 3.63) is 87.8 Å². The van der Waals surface area contributed by atoms with Crippen LogP contribution in [0.3, 0.4) is 0 Å². The normalized spacial score (nSPS) is 16.8. The first kappa shape index (κ1) is 27.3. The number of rotatable bonds is 10. The number of benzene rings is 1. The van der Waals surface area contributed by atoms with Crippen molar-refractivity contribution in [2.75, 3.05) is 6.26 Å². The van der Waals surface area contributed by atoms with E-state index in [1.54, 1.807) is 11.9 Å². The molecule has 0 spiro atoms. The standard InChI is InChI=1S/C30H36ClN3S/c1-6-8-9-26(21(7-2)19-32)27(31)16-17-30(3,4)25-13-10-22(11-14-25)24-18-23-12-15-28(34-35-5)29(23)33-20-24/h7,10-11,13-14,16-18,20,28,34H,6,8-9,12,15H2,1-5H3/b17-16+,21-7-,27-26+. The predicted molar refractivity (Wildman–Crippen MR) is 151 cm³/mol. The van der Waals surface area contributed by atoms with Crippen molar-refractivity contribution in [3.8, 4) is 17.2 Å². The second-order valence-corrected chi connectivity index (χ2v) is 10.6. The van der Waals surface area contributed by atoms with Gasteiger partial charge in [0.05, 0.1) is 23.4 Å². The minimum Gasteiger partial charge on any atom is -0.259 e. The van der Waals surface area contributed by atoms with Crippen molar-refractivity contribution in [2.45, 2.75) is 71.3 Å².